The van der Waals surface area contributed by atoms with Crippen LogP contribution in [0.25, 0.3) is 0 Å². The zero-order chi connectivity index (χ0) is 12.8. The Morgan fingerprint density at radius 1 is 1.56 bits per heavy atom. The minimum absolute atomic E-state index is 0. The first kappa shape index (κ1) is 11.9. The molecule has 18 heavy (non-hydrogen) atoms. The number of amides is 1. The highest BCUT2D eigenvalue weighted by Gasteiger charge is 1.99. The van der Waals surface area contributed by atoms with Crippen LogP contribution in [0.1, 0.15) is 8.55 Å². The van der Waals surface area contributed by atoms with Gasteiger partial charge in [-0.3, -0.25) is 14.5 Å². The van der Waals surface area contributed by atoms with Gasteiger partial charge in [0.1, 0.15) is 0 Å². The highest BCUT2D eigenvalue weighted by Crippen LogP contribution is 2.02. The lowest BCUT2D eigenvalue weighted by Gasteiger charge is -1.93. The van der Waals surface area contributed by atoms with Crippen molar-refractivity contribution in [3.8, 4) is 11.8 Å². The molecule has 0 aliphatic carbocycles. The van der Waals surface area contributed by atoms with E-state index in [1.807, 2.05) is 18.2 Å². The Labute approximate surface area is 108 Å². The Morgan fingerprint density at radius 3 is 3.11 bits per heavy atom. The van der Waals surface area contributed by atoms with Gasteiger partial charge in [0.2, 0.25) is 0 Å². The summed E-state index contributed by atoms with van der Waals surface area (Å²) >= 11 is 0. The predicted octanol–water partition coefficient (Wildman–Crippen LogP) is 1.49. The van der Waals surface area contributed by atoms with Gasteiger partial charge in [-0.1, -0.05) is 12.0 Å². The normalized spacial score (nSPS) is 9.39. The topological polar surface area (TPSA) is 59.8 Å². The van der Waals surface area contributed by atoms with E-state index < -0.39 is 0 Å². The molecule has 0 saturated heterocycles. The van der Waals surface area contributed by atoms with Crippen molar-refractivity contribution in [1.82, 2.24) is 14.8 Å². The summed E-state index contributed by atoms with van der Waals surface area (Å²) in [7, 11) is 1.78. The second-order valence-corrected chi connectivity index (χ2v) is 3.66. The smallest absolute Gasteiger partial charge is 0.300 e. The Kier molecular flexibility index (Phi) is 3.72. The van der Waals surface area contributed by atoms with Crippen molar-refractivity contribution in [2.75, 3.05) is 5.32 Å². The first-order chi connectivity index (χ1) is 8.74. The summed E-state index contributed by atoms with van der Waals surface area (Å²) in [5.74, 6) is 4.94. The molecule has 0 atom stereocenters. The molecule has 2 heterocycles. The van der Waals surface area contributed by atoms with Crippen LogP contribution in [0.3, 0.4) is 0 Å². The molecule has 0 aliphatic rings. The van der Waals surface area contributed by atoms with Crippen LogP contribution >= 0.6 is 0 Å². The summed E-state index contributed by atoms with van der Waals surface area (Å²) in [6.45, 7) is 0. The average Bonchev–Trinajstić information content (AvgIpc) is 2.76. The van der Waals surface area contributed by atoms with Crippen molar-refractivity contribution < 1.29 is 7.65 Å². The van der Waals surface area contributed by atoms with E-state index in [0.717, 1.165) is 5.69 Å². The van der Waals surface area contributed by atoms with Crippen LogP contribution in [-0.4, -0.2) is 20.7 Å². The van der Waals surface area contributed by atoms with E-state index in [2.05, 4.69) is 27.2 Å². The maximum absolute atomic E-state index is 11.5. The molecule has 0 unspecified atom stereocenters. The van der Waals surface area contributed by atoms with Crippen molar-refractivity contribution >= 4 is 11.6 Å². The summed E-state index contributed by atoms with van der Waals surface area (Å²) in [5.41, 5.74) is 1.48. The molecule has 0 fully saturated rings. The van der Waals surface area contributed by atoms with E-state index in [1.165, 1.54) is 0 Å². The van der Waals surface area contributed by atoms with Crippen LogP contribution < -0.4 is 5.32 Å². The number of hydrogen-bond donors (Lipinski definition) is 1. The summed E-state index contributed by atoms with van der Waals surface area (Å²) in [6, 6.07) is 5.60. The highest BCUT2D eigenvalue weighted by molar-refractivity contribution is 6.03. The van der Waals surface area contributed by atoms with Gasteiger partial charge in [-0.2, -0.15) is 5.10 Å². The predicted molar refractivity (Wildman–Crippen MR) is 71.8 cm³/mol. The molecular formula is C13H16N4O. The van der Waals surface area contributed by atoms with Gasteiger partial charge in [-0.25, -0.2) is 0 Å². The van der Waals surface area contributed by atoms with E-state index in [4.69, 9.17) is 0 Å². The SMILES string of the molecule is Cn1cc(NC(=O)C#CCc2ccccn2)cn1.[HH].[HH]. The maximum Gasteiger partial charge on any atom is 0.300 e. The van der Waals surface area contributed by atoms with E-state index in [1.54, 1.807) is 30.3 Å². The third-order valence-electron chi connectivity index (χ3n) is 2.16. The minimum atomic E-state index is -0.348. The fourth-order valence-electron chi connectivity index (χ4n) is 1.37. The molecule has 0 saturated carbocycles. The standard InChI is InChI=1S/C13H12N4O.2H2/c1-17-10-12(9-15-17)16-13(18)7-4-6-11-5-2-3-8-14-11;;/h2-3,5,8-10H,6H2,1H3,(H,16,18);2*1H. The van der Waals surface area contributed by atoms with Crippen LogP contribution in [0.15, 0.2) is 36.8 Å². The van der Waals surface area contributed by atoms with Crippen LogP contribution in [0.5, 0.6) is 0 Å². The Morgan fingerprint density at radius 2 is 2.44 bits per heavy atom. The average molecular weight is 244 g/mol. The summed E-state index contributed by atoms with van der Waals surface area (Å²) < 4.78 is 1.61. The number of carbonyl (C=O) groups excluding carboxylic acids is 1. The molecule has 1 N–H and O–H groups in total. The van der Waals surface area contributed by atoms with Crippen LogP contribution in [0.2, 0.25) is 0 Å². The minimum Gasteiger partial charge on any atom is -0.312 e. The largest absolute Gasteiger partial charge is 0.312 e. The second kappa shape index (κ2) is 5.64. The van der Waals surface area contributed by atoms with Gasteiger partial charge in [0.05, 0.1) is 24.0 Å². The van der Waals surface area contributed by atoms with Gasteiger partial charge in [0.25, 0.3) is 5.91 Å². The molecule has 5 heteroatoms. The number of aryl methyl sites for hydroxylation is 1. The molecular weight excluding hydrogens is 228 g/mol. The van der Waals surface area contributed by atoms with E-state index in [-0.39, 0.29) is 8.76 Å². The number of carbonyl (C=O) groups is 1. The molecule has 0 radical (unpaired) electrons. The first-order valence-corrected chi connectivity index (χ1v) is 5.42. The van der Waals surface area contributed by atoms with Gasteiger partial charge >= 0.3 is 0 Å². The number of aromatic nitrogens is 3. The molecule has 0 spiro atoms. The second-order valence-electron chi connectivity index (χ2n) is 3.66. The summed E-state index contributed by atoms with van der Waals surface area (Å²) in [6.07, 6.45) is 5.44. The lowest BCUT2D eigenvalue weighted by Crippen LogP contribution is -2.07. The van der Waals surface area contributed by atoms with Crippen molar-refractivity contribution in [1.29, 1.82) is 0 Å². The molecule has 2 aromatic heterocycles. The van der Waals surface area contributed by atoms with Crippen LogP contribution in [0.4, 0.5) is 5.69 Å². The van der Waals surface area contributed by atoms with Crippen molar-refractivity contribution in [2.24, 2.45) is 7.05 Å². The molecule has 5 nitrogen and oxygen atoms in total. The third-order valence-corrected chi connectivity index (χ3v) is 2.16. The molecule has 0 bridgehead atoms. The maximum atomic E-state index is 11.5. The van der Waals surface area contributed by atoms with Crippen LogP contribution in [0, 0.1) is 11.8 Å². The summed E-state index contributed by atoms with van der Waals surface area (Å²) in [5, 5.41) is 6.57. The fourth-order valence-corrected chi connectivity index (χ4v) is 1.37. The molecule has 0 aromatic carbocycles. The molecule has 1 amide bonds. The van der Waals surface area contributed by atoms with Gasteiger partial charge in [-0.05, 0) is 18.1 Å². The van der Waals surface area contributed by atoms with Crippen molar-refractivity contribution in [3.63, 3.8) is 0 Å². The highest BCUT2D eigenvalue weighted by atomic mass is 16.1. The molecule has 0 aliphatic heterocycles. The molecule has 2 rings (SSSR count). The van der Waals surface area contributed by atoms with Crippen LogP contribution in [-0.2, 0) is 18.3 Å². The summed E-state index contributed by atoms with van der Waals surface area (Å²) in [4.78, 5) is 15.6. The lowest BCUT2D eigenvalue weighted by atomic mass is 10.3. The zero-order valence-electron chi connectivity index (χ0n) is 9.92. The Balaban J connectivity index is 0.00000180. The van der Waals surface area contributed by atoms with Crippen molar-refractivity contribution in [3.05, 3.63) is 42.5 Å². The van der Waals surface area contributed by atoms with Crippen molar-refractivity contribution in [2.45, 2.75) is 6.42 Å². The third kappa shape index (κ3) is 3.46. The van der Waals surface area contributed by atoms with E-state index >= 15 is 0 Å². The number of pyridine rings is 1. The zero-order valence-corrected chi connectivity index (χ0v) is 9.92. The van der Waals surface area contributed by atoms with E-state index in [9.17, 15) is 4.79 Å². The molecule has 2 aromatic rings. The lowest BCUT2D eigenvalue weighted by molar-refractivity contribution is -0.111. The van der Waals surface area contributed by atoms with Gasteiger partial charge in [-0.15, -0.1) is 0 Å². The van der Waals surface area contributed by atoms with Gasteiger partial charge in [0, 0.05) is 22.3 Å². The number of rotatable bonds is 2. The van der Waals surface area contributed by atoms with Gasteiger partial charge in [0.15, 0.2) is 0 Å². The monoisotopic (exact) mass is 244 g/mol. The fraction of sp³-hybridized carbons (Fsp3) is 0.154. The number of hydrogen-bond acceptors (Lipinski definition) is 3. The Bertz CT molecular complexity index is 602. The molecule has 94 valence electrons. The van der Waals surface area contributed by atoms with Gasteiger partial charge < -0.3 is 5.32 Å². The Hall–Kier alpha value is -2.61. The van der Waals surface area contributed by atoms with E-state index in [0.29, 0.717) is 12.1 Å². The number of anilines is 1. The number of nitrogens with zero attached hydrogens (tertiary/aromatic N) is 3. The first-order valence-electron chi connectivity index (χ1n) is 5.42. The quantitative estimate of drug-likeness (QED) is 0.814. The number of nitrogens with one attached hydrogen (secondary N) is 1.